The van der Waals surface area contributed by atoms with Gasteiger partial charge in [0.2, 0.25) is 0 Å². The molecule has 3 aromatic rings. The summed E-state index contributed by atoms with van der Waals surface area (Å²) >= 11 is 5.46. The Morgan fingerprint density at radius 3 is 2.81 bits per heavy atom. The number of carbonyl (C=O) groups excluding carboxylic acids is 1. The molecule has 162 valence electrons. The molecule has 0 aliphatic carbocycles. The molecule has 1 aromatic heterocycles. The highest BCUT2D eigenvalue weighted by molar-refractivity contribution is 7.71. The Morgan fingerprint density at radius 2 is 2.10 bits per heavy atom. The van der Waals surface area contributed by atoms with Crippen LogP contribution in [0.4, 0.5) is 0 Å². The summed E-state index contributed by atoms with van der Waals surface area (Å²) in [4.78, 5) is 28.9. The molecule has 2 aromatic carbocycles. The molecule has 0 saturated carbocycles. The summed E-state index contributed by atoms with van der Waals surface area (Å²) in [5.41, 5.74) is 1.06. The van der Waals surface area contributed by atoms with Gasteiger partial charge in [-0.3, -0.25) is 9.59 Å². The maximum absolute atomic E-state index is 13.3. The van der Waals surface area contributed by atoms with E-state index in [2.05, 4.69) is 10.3 Å². The molecule has 4 rings (SSSR count). The van der Waals surface area contributed by atoms with Crippen molar-refractivity contribution in [3.8, 4) is 17.2 Å². The Balaban J connectivity index is 1.71. The zero-order chi connectivity index (χ0) is 22.0. The van der Waals surface area contributed by atoms with E-state index in [0.717, 1.165) is 19.4 Å². The van der Waals surface area contributed by atoms with Crippen LogP contribution in [0.25, 0.3) is 16.6 Å². The highest BCUT2D eigenvalue weighted by Gasteiger charge is 2.18. The lowest BCUT2D eigenvalue weighted by atomic mass is 10.1. The largest absolute Gasteiger partial charge is 0.497 e. The van der Waals surface area contributed by atoms with Gasteiger partial charge in [0.05, 0.1) is 36.9 Å². The maximum Gasteiger partial charge on any atom is 0.266 e. The third-order valence-electron chi connectivity index (χ3n) is 5.30. The highest BCUT2D eigenvalue weighted by Crippen LogP contribution is 2.27. The number of amides is 1. The first-order valence-electron chi connectivity index (χ1n) is 9.93. The minimum absolute atomic E-state index is 0.0558. The molecule has 8 nitrogen and oxygen atoms in total. The zero-order valence-corrected chi connectivity index (χ0v) is 18.1. The van der Waals surface area contributed by atoms with Crippen LogP contribution < -0.4 is 20.3 Å². The molecule has 1 aliphatic heterocycles. The number of fused-ring (bicyclic) bond motifs is 1. The lowest BCUT2D eigenvalue weighted by Gasteiger charge is -2.14. The molecule has 0 bridgehead atoms. The number of nitrogens with one attached hydrogen (secondary N) is 2. The number of rotatable bonds is 6. The van der Waals surface area contributed by atoms with E-state index >= 15 is 0 Å². The summed E-state index contributed by atoms with van der Waals surface area (Å²) < 4.78 is 17.8. The van der Waals surface area contributed by atoms with E-state index in [4.69, 9.17) is 26.4 Å². The fraction of sp³-hybridized carbons (Fsp3) is 0.318. The number of hydrogen-bond donors (Lipinski definition) is 2. The first-order chi connectivity index (χ1) is 15.0. The predicted molar refractivity (Wildman–Crippen MR) is 119 cm³/mol. The van der Waals surface area contributed by atoms with Gasteiger partial charge in [0.15, 0.2) is 4.77 Å². The Hall–Kier alpha value is -3.17. The molecule has 0 unspecified atom stereocenters. The molecule has 2 heterocycles. The van der Waals surface area contributed by atoms with Gasteiger partial charge in [-0.05, 0) is 55.4 Å². The van der Waals surface area contributed by atoms with Crippen molar-refractivity contribution >= 4 is 29.0 Å². The SMILES string of the molecule is COc1ccc(OC)c(-n2c(=S)[nH]c3cc(C(=O)NC[C@H]4CCCO4)ccc3c2=O)c1. The Labute approximate surface area is 183 Å². The summed E-state index contributed by atoms with van der Waals surface area (Å²) in [5.74, 6) is 0.817. The molecule has 2 N–H and O–H groups in total. The molecule has 1 fully saturated rings. The number of aromatic nitrogens is 2. The third kappa shape index (κ3) is 4.19. The molecule has 0 spiro atoms. The smallest absolute Gasteiger partial charge is 0.266 e. The van der Waals surface area contributed by atoms with Gasteiger partial charge in [0.25, 0.3) is 11.5 Å². The first-order valence-corrected chi connectivity index (χ1v) is 10.3. The standard InChI is InChI=1S/C22H23N3O5S/c1-28-14-6-8-19(29-2)18(11-14)25-21(27)16-7-5-13(10-17(16)24-22(25)31)20(26)23-12-15-4-3-9-30-15/h5-8,10-11,15H,3-4,9,12H2,1-2H3,(H,23,26)(H,24,31)/t15-/m1/s1. The van der Waals surface area contributed by atoms with Gasteiger partial charge in [0.1, 0.15) is 11.5 Å². The fourth-order valence-corrected chi connectivity index (χ4v) is 3.95. The molecule has 1 aliphatic rings. The maximum atomic E-state index is 13.3. The van der Waals surface area contributed by atoms with Crippen LogP contribution in [-0.4, -0.2) is 48.9 Å². The van der Waals surface area contributed by atoms with Crippen LogP contribution in [0.15, 0.2) is 41.2 Å². The van der Waals surface area contributed by atoms with Crippen molar-refractivity contribution in [1.82, 2.24) is 14.9 Å². The van der Waals surface area contributed by atoms with Crippen molar-refractivity contribution in [3.05, 3.63) is 57.1 Å². The Kier molecular flexibility index (Phi) is 6.06. The number of methoxy groups -OCH3 is 2. The predicted octanol–water partition coefficient (Wildman–Crippen LogP) is 2.97. The summed E-state index contributed by atoms with van der Waals surface area (Å²) in [6.07, 6.45) is 2.01. The number of H-pyrrole nitrogens is 1. The van der Waals surface area contributed by atoms with E-state index < -0.39 is 0 Å². The van der Waals surface area contributed by atoms with Crippen molar-refractivity contribution in [2.24, 2.45) is 0 Å². The second kappa shape index (κ2) is 8.91. The number of nitrogens with zero attached hydrogens (tertiary/aromatic N) is 1. The molecule has 9 heteroatoms. The minimum Gasteiger partial charge on any atom is -0.497 e. The van der Waals surface area contributed by atoms with Crippen molar-refractivity contribution in [3.63, 3.8) is 0 Å². The average Bonchev–Trinajstić information content (AvgIpc) is 3.30. The summed E-state index contributed by atoms with van der Waals surface area (Å²) in [6, 6.07) is 10.0. The Bertz CT molecular complexity index is 1240. The zero-order valence-electron chi connectivity index (χ0n) is 17.3. The van der Waals surface area contributed by atoms with E-state index in [0.29, 0.717) is 40.2 Å². The lowest BCUT2D eigenvalue weighted by Crippen LogP contribution is -2.31. The van der Waals surface area contributed by atoms with E-state index in [-0.39, 0.29) is 22.3 Å². The van der Waals surface area contributed by atoms with Crippen LogP contribution >= 0.6 is 12.2 Å². The Morgan fingerprint density at radius 1 is 1.26 bits per heavy atom. The number of carbonyl (C=O) groups is 1. The van der Waals surface area contributed by atoms with Gasteiger partial charge in [-0.25, -0.2) is 4.57 Å². The van der Waals surface area contributed by atoms with Crippen LogP contribution in [-0.2, 0) is 4.74 Å². The van der Waals surface area contributed by atoms with Crippen molar-refractivity contribution in [1.29, 1.82) is 0 Å². The lowest BCUT2D eigenvalue weighted by molar-refractivity contribution is 0.0858. The topological polar surface area (TPSA) is 94.6 Å². The van der Waals surface area contributed by atoms with E-state index in [9.17, 15) is 9.59 Å². The number of ether oxygens (including phenoxy) is 3. The van der Waals surface area contributed by atoms with Gasteiger partial charge >= 0.3 is 0 Å². The quantitative estimate of drug-likeness (QED) is 0.571. The first kappa shape index (κ1) is 21.1. The normalized spacial score (nSPS) is 15.7. The molecule has 1 saturated heterocycles. The van der Waals surface area contributed by atoms with Gasteiger partial charge < -0.3 is 24.5 Å². The third-order valence-corrected chi connectivity index (χ3v) is 5.59. The highest BCUT2D eigenvalue weighted by atomic mass is 32.1. The van der Waals surface area contributed by atoms with Crippen molar-refractivity contribution in [2.45, 2.75) is 18.9 Å². The van der Waals surface area contributed by atoms with Crippen LogP contribution in [0.3, 0.4) is 0 Å². The van der Waals surface area contributed by atoms with Gasteiger partial charge in [-0.15, -0.1) is 0 Å². The monoisotopic (exact) mass is 441 g/mol. The minimum atomic E-state index is -0.323. The van der Waals surface area contributed by atoms with E-state index in [1.807, 2.05) is 0 Å². The van der Waals surface area contributed by atoms with Crippen LogP contribution in [0.2, 0.25) is 0 Å². The summed E-state index contributed by atoms with van der Waals surface area (Å²) in [5, 5.41) is 3.28. The van der Waals surface area contributed by atoms with Gasteiger partial charge in [-0.2, -0.15) is 0 Å². The fourth-order valence-electron chi connectivity index (χ4n) is 3.66. The van der Waals surface area contributed by atoms with Crippen LogP contribution in [0.5, 0.6) is 11.5 Å². The number of benzene rings is 2. The molecule has 31 heavy (non-hydrogen) atoms. The van der Waals surface area contributed by atoms with Crippen molar-refractivity contribution in [2.75, 3.05) is 27.4 Å². The average molecular weight is 442 g/mol. The molecule has 1 amide bonds. The van der Waals surface area contributed by atoms with Crippen LogP contribution in [0.1, 0.15) is 23.2 Å². The molecule has 0 radical (unpaired) electrons. The molecule has 1 atom stereocenters. The van der Waals surface area contributed by atoms with E-state index in [1.165, 1.54) is 11.7 Å². The number of hydrogen-bond acceptors (Lipinski definition) is 6. The van der Waals surface area contributed by atoms with E-state index in [1.54, 1.807) is 43.5 Å². The van der Waals surface area contributed by atoms with Gasteiger partial charge in [0, 0.05) is 24.8 Å². The number of aromatic amines is 1. The second-order valence-electron chi connectivity index (χ2n) is 7.21. The summed E-state index contributed by atoms with van der Waals surface area (Å²) in [6.45, 7) is 1.20. The van der Waals surface area contributed by atoms with Crippen LogP contribution in [0, 0.1) is 4.77 Å². The molecular weight excluding hydrogens is 418 g/mol. The van der Waals surface area contributed by atoms with Crippen molar-refractivity contribution < 1.29 is 19.0 Å². The summed E-state index contributed by atoms with van der Waals surface area (Å²) in [7, 11) is 3.06. The van der Waals surface area contributed by atoms with Gasteiger partial charge in [-0.1, -0.05) is 0 Å². The second-order valence-corrected chi connectivity index (χ2v) is 7.60. The molecular formula is C22H23N3O5S.